The van der Waals surface area contributed by atoms with Gasteiger partial charge in [0, 0.05) is 30.3 Å². The lowest BCUT2D eigenvalue weighted by molar-refractivity contribution is -0.137. The molecule has 0 amide bonds. The van der Waals surface area contributed by atoms with Gasteiger partial charge in [-0.1, -0.05) is 72.5 Å². The molecule has 33 heavy (non-hydrogen) atoms. The number of fused-ring (bicyclic) bond motifs is 1. The van der Waals surface area contributed by atoms with Crippen molar-refractivity contribution in [1.29, 1.82) is 0 Å². The molecule has 2 aromatic heterocycles. The van der Waals surface area contributed by atoms with E-state index in [0.29, 0.717) is 0 Å². The maximum atomic E-state index is 10.7. The Labute approximate surface area is 195 Å². The number of aryl methyl sites for hydroxylation is 4. The van der Waals surface area contributed by atoms with E-state index in [-0.39, 0.29) is 6.42 Å². The molecule has 0 saturated carbocycles. The van der Waals surface area contributed by atoms with Crippen LogP contribution in [-0.2, 0) is 11.3 Å². The molecule has 1 N–H and O–H groups in total. The molecule has 5 nitrogen and oxygen atoms in total. The van der Waals surface area contributed by atoms with Gasteiger partial charge in [-0.15, -0.1) is 0 Å². The molecule has 0 atom stereocenters. The summed E-state index contributed by atoms with van der Waals surface area (Å²) in [7, 11) is 0. The molecule has 0 spiro atoms. The summed E-state index contributed by atoms with van der Waals surface area (Å²) in [4.78, 5) is 21.0. The van der Waals surface area contributed by atoms with Crippen LogP contribution in [0, 0.1) is 20.8 Å². The van der Waals surface area contributed by atoms with Crippen molar-refractivity contribution in [3.05, 3.63) is 71.4 Å². The van der Waals surface area contributed by atoms with Crippen LogP contribution in [0.15, 0.2) is 54.7 Å². The van der Waals surface area contributed by atoms with Crippen molar-refractivity contribution in [2.45, 2.75) is 59.4 Å². The van der Waals surface area contributed by atoms with Gasteiger partial charge in [-0.25, -0.2) is 9.97 Å². The number of rotatable bonds is 9. The van der Waals surface area contributed by atoms with Gasteiger partial charge in [-0.2, -0.15) is 0 Å². The average molecular weight is 442 g/mol. The number of carbonyl (C=O) groups is 1. The van der Waals surface area contributed by atoms with E-state index < -0.39 is 5.97 Å². The summed E-state index contributed by atoms with van der Waals surface area (Å²) in [5.74, 6) is -0.717. The molecule has 170 valence electrons. The van der Waals surface area contributed by atoms with Crippen molar-refractivity contribution in [3.63, 3.8) is 0 Å². The zero-order chi connectivity index (χ0) is 23.4. The normalized spacial score (nSPS) is 11.2. The molecule has 4 aromatic rings. The second kappa shape index (κ2) is 9.99. The molecular formula is C28H31N3O2. The number of aromatic nitrogens is 3. The number of hydrogen-bond acceptors (Lipinski definition) is 3. The Morgan fingerprint density at radius 3 is 1.91 bits per heavy atom. The topological polar surface area (TPSA) is 68.0 Å². The van der Waals surface area contributed by atoms with Gasteiger partial charge in [-0.3, -0.25) is 4.79 Å². The van der Waals surface area contributed by atoms with Gasteiger partial charge in [0.15, 0.2) is 5.65 Å². The van der Waals surface area contributed by atoms with Crippen LogP contribution in [0.2, 0.25) is 0 Å². The minimum Gasteiger partial charge on any atom is -0.481 e. The van der Waals surface area contributed by atoms with Gasteiger partial charge in [0.25, 0.3) is 0 Å². The Morgan fingerprint density at radius 2 is 1.33 bits per heavy atom. The van der Waals surface area contributed by atoms with Crippen LogP contribution in [-0.4, -0.2) is 25.6 Å². The monoisotopic (exact) mass is 441 g/mol. The van der Waals surface area contributed by atoms with Gasteiger partial charge < -0.3 is 9.67 Å². The summed E-state index contributed by atoms with van der Waals surface area (Å²) in [6.07, 6.45) is 6.05. The maximum Gasteiger partial charge on any atom is 0.303 e. The highest BCUT2D eigenvalue weighted by molar-refractivity contribution is 5.86. The second-order valence-corrected chi connectivity index (χ2v) is 8.89. The Balaban J connectivity index is 1.70. The fourth-order valence-corrected chi connectivity index (χ4v) is 4.16. The van der Waals surface area contributed by atoms with E-state index in [1.807, 2.05) is 0 Å². The van der Waals surface area contributed by atoms with Crippen LogP contribution in [0.4, 0.5) is 0 Å². The van der Waals surface area contributed by atoms with Crippen molar-refractivity contribution in [3.8, 4) is 22.5 Å². The summed E-state index contributed by atoms with van der Waals surface area (Å²) in [6.45, 7) is 7.12. The van der Waals surface area contributed by atoms with Crippen LogP contribution in [0.25, 0.3) is 33.7 Å². The predicted octanol–water partition coefficient (Wildman–Crippen LogP) is 6.73. The lowest BCUT2D eigenvalue weighted by Gasteiger charge is -2.12. The molecule has 0 bridgehead atoms. The van der Waals surface area contributed by atoms with Gasteiger partial charge in [0.05, 0.1) is 11.4 Å². The van der Waals surface area contributed by atoms with Gasteiger partial charge >= 0.3 is 5.97 Å². The zero-order valence-electron chi connectivity index (χ0n) is 19.6. The van der Waals surface area contributed by atoms with Crippen LogP contribution in [0.5, 0.6) is 0 Å². The van der Waals surface area contributed by atoms with Crippen LogP contribution in [0.1, 0.15) is 48.8 Å². The van der Waals surface area contributed by atoms with Crippen molar-refractivity contribution in [2.24, 2.45) is 0 Å². The van der Waals surface area contributed by atoms with Crippen molar-refractivity contribution in [1.82, 2.24) is 14.5 Å². The summed E-state index contributed by atoms with van der Waals surface area (Å²) in [6, 6.07) is 16.9. The molecule has 0 unspecified atom stereocenters. The first kappa shape index (κ1) is 22.7. The number of aliphatic carboxylic acids is 1. The van der Waals surface area contributed by atoms with E-state index in [4.69, 9.17) is 15.1 Å². The SMILES string of the molecule is Cc1ccc(-c2nc3c(C)cn(CCCCCCC(=O)O)c3nc2-c2ccc(C)cc2)cc1. The number of benzene rings is 2. The summed E-state index contributed by atoms with van der Waals surface area (Å²) in [5.41, 5.74) is 9.32. The second-order valence-electron chi connectivity index (χ2n) is 8.89. The number of carboxylic acid groups (broad SMARTS) is 1. The van der Waals surface area contributed by atoms with E-state index in [1.54, 1.807) is 0 Å². The minimum atomic E-state index is -0.717. The highest BCUT2D eigenvalue weighted by Gasteiger charge is 2.17. The Morgan fingerprint density at radius 1 is 0.788 bits per heavy atom. The quantitative estimate of drug-likeness (QED) is 0.293. The first-order valence-corrected chi connectivity index (χ1v) is 11.7. The Hall–Kier alpha value is -3.47. The Kier molecular flexibility index (Phi) is 6.87. The number of hydrogen-bond donors (Lipinski definition) is 1. The zero-order valence-corrected chi connectivity index (χ0v) is 19.6. The average Bonchev–Trinajstić information content (AvgIpc) is 3.11. The minimum absolute atomic E-state index is 0.249. The van der Waals surface area contributed by atoms with E-state index in [1.165, 1.54) is 11.1 Å². The molecule has 2 heterocycles. The van der Waals surface area contributed by atoms with Gasteiger partial charge in [-0.05, 0) is 39.2 Å². The van der Waals surface area contributed by atoms with E-state index in [9.17, 15) is 4.79 Å². The fourth-order valence-electron chi connectivity index (χ4n) is 4.16. The number of nitrogens with zero attached hydrogens (tertiary/aromatic N) is 3. The first-order chi connectivity index (χ1) is 15.9. The standard InChI is InChI=1S/C28H31N3O2/c1-19-9-13-22(14-10-19)26-27(23-15-11-20(2)12-16-23)30-28-25(29-26)21(3)18-31(28)17-7-5-4-6-8-24(32)33/h9-16,18H,4-8,17H2,1-3H3,(H,32,33). The van der Waals surface area contributed by atoms with E-state index in [0.717, 1.165) is 71.5 Å². The largest absolute Gasteiger partial charge is 0.481 e. The lowest BCUT2D eigenvalue weighted by atomic mass is 10.0. The third kappa shape index (κ3) is 5.30. The molecule has 2 aromatic carbocycles. The molecule has 0 aliphatic heterocycles. The highest BCUT2D eigenvalue weighted by atomic mass is 16.4. The van der Waals surface area contributed by atoms with Crippen molar-refractivity contribution < 1.29 is 9.90 Å². The summed E-state index contributed by atoms with van der Waals surface area (Å²) >= 11 is 0. The molecule has 5 heteroatoms. The maximum absolute atomic E-state index is 10.7. The lowest BCUT2D eigenvalue weighted by Crippen LogP contribution is -2.01. The molecule has 0 aliphatic rings. The Bertz CT molecular complexity index is 1260. The fraction of sp³-hybridized carbons (Fsp3) is 0.321. The number of unbranched alkanes of at least 4 members (excludes halogenated alkanes) is 3. The molecule has 4 rings (SSSR count). The first-order valence-electron chi connectivity index (χ1n) is 11.7. The van der Waals surface area contributed by atoms with Gasteiger partial charge in [0.2, 0.25) is 0 Å². The molecule has 0 aliphatic carbocycles. The molecule has 0 fully saturated rings. The summed E-state index contributed by atoms with van der Waals surface area (Å²) in [5, 5.41) is 8.80. The van der Waals surface area contributed by atoms with E-state index >= 15 is 0 Å². The highest BCUT2D eigenvalue weighted by Crippen LogP contribution is 2.32. The van der Waals surface area contributed by atoms with Crippen LogP contribution >= 0.6 is 0 Å². The van der Waals surface area contributed by atoms with Gasteiger partial charge in [0.1, 0.15) is 5.52 Å². The molecule has 0 radical (unpaired) electrons. The summed E-state index contributed by atoms with van der Waals surface area (Å²) < 4.78 is 2.20. The molecular weight excluding hydrogens is 410 g/mol. The van der Waals surface area contributed by atoms with E-state index in [2.05, 4.69) is 80.1 Å². The molecule has 0 saturated heterocycles. The third-order valence-electron chi connectivity index (χ3n) is 6.06. The van der Waals surface area contributed by atoms with Crippen LogP contribution < -0.4 is 0 Å². The smallest absolute Gasteiger partial charge is 0.303 e. The van der Waals surface area contributed by atoms with Crippen molar-refractivity contribution in [2.75, 3.05) is 0 Å². The third-order valence-corrected chi connectivity index (χ3v) is 6.06. The predicted molar refractivity (Wildman–Crippen MR) is 133 cm³/mol. The van der Waals surface area contributed by atoms with Crippen molar-refractivity contribution >= 4 is 17.1 Å². The number of carboxylic acids is 1. The van der Waals surface area contributed by atoms with Crippen LogP contribution in [0.3, 0.4) is 0 Å².